The van der Waals surface area contributed by atoms with E-state index in [1.165, 1.54) is 19.2 Å². The van der Waals surface area contributed by atoms with Gasteiger partial charge in [-0.3, -0.25) is 0 Å². The summed E-state index contributed by atoms with van der Waals surface area (Å²) in [7, 11) is 1.53. The third-order valence-corrected chi connectivity index (χ3v) is 6.24. The lowest BCUT2D eigenvalue weighted by Gasteiger charge is -2.30. The molecule has 39 heavy (non-hydrogen) atoms. The van der Waals surface area contributed by atoms with Crippen molar-refractivity contribution in [3.8, 4) is 17.2 Å². The summed E-state index contributed by atoms with van der Waals surface area (Å²) in [5.41, 5.74) is -2.88. The Kier molecular flexibility index (Phi) is 8.38. The zero-order valence-electron chi connectivity index (χ0n) is 22.5. The molecule has 0 radical (unpaired) electrons. The average Bonchev–Trinajstić information content (AvgIpc) is 2.88. The fourth-order valence-corrected chi connectivity index (χ4v) is 4.13. The maximum absolute atomic E-state index is 15.1. The first-order valence-corrected chi connectivity index (χ1v) is 12.5. The molecule has 1 aromatic heterocycles. The van der Waals surface area contributed by atoms with Crippen molar-refractivity contribution in [3.05, 3.63) is 47.5 Å². The third kappa shape index (κ3) is 6.29. The van der Waals surface area contributed by atoms with Gasteiger partial charge in [-0.1, -0.05) is 6.07 Å². The maximum atomic E-state index is 15.1. The lowest BCUT2D eigenvalue weighted by molar-refractivity contribution is -0.170. The zero-order valence-corrected chi connectivity index (χ0v) is 22.5. The Hall–Kier alpha value is -3.35. The predicted octanol–water partition coefficient (Wildman–Crippen LogP) is 4.15. The molecule has 2 atom stereocenters. The molecule has 9 nitrogen and oxygen atoms in total. The van der Waals surface area contributed by atoms with Gasteiger partial charge in [0.1, 0.15) is 30.0 Å². The Morgan fingerprint density at radius 3 is 2.64 bits per heavy atom. The smallest absolute Gasteiger partial charge is 0.303 e. The number of hydrogen-bond donors (Lipinski definition) is 3. The van der Waals surface area contributed by atoms with Gasteiger partial charge in [0.15, 0.2) is 29.3 Å². The summed E-state index contributed by atoms with van der Waals surface area (Å²) in [5.74, 6) is -3.76. The highest BCUT2D eigenvalue weighted by molar-refractivity contribution is 5.91. The molecular formula is C27H33F3N4O5. The maximum Gasteiger partial charge on any atom is 0.303 e. The quantitative estimate of drug-likeness (QED) is 0.321. The van der Waals surface area contributed by atoms with Crippen LogP contribution in [-0.4, -0.2) is 66.4 Å². The number of rotatable bonds is 10. The number of alkyl halides is 2. The highest BCUT2D eigenvalue weighted by Gasteiger charge is 2.49. The van der Waals surface area contributed by atoms with E-state index in [9.17, 15) is 13.9 Å². The number of ether oxygens (including phenoxy) is 4. The van der Waals surface area contributed by atoms with Crippen LogP contribution in [0.25, 0.3) is 10.9 Å². The van der Waals surface area contributed by atoms with Crippen molar-refractivity contribution in [1.82, 2.24) is 15.3 Å². The molecule has 212 valence electrons. The van der Waals surface area contributed by atoms with Gasteiger partial charge in [-0.2, -0.15) is 8.78 Å². The van der Waals surface area contributed by atoms with Gasteiger partial charge in [0.25, 0.3) is 0 Å². The van der Waals surface area contributed by atoms with Crippen LogP contribution in [0.1, 0.15) is 32.2 Å². The molecule has 1 aliphatic heterocycles. The molecule has 0 saturated carbocycles. The Morgan fingerprint density at radius 1 is 1.21 bits per heavy atom. The van der Waals surface area contributed by atoms with E-state index in [0.29, 0.717) is 53.8 Å². The lowest BCUT2D eigenvalue weighted by atomic mass is 9.93. The number of aliphatic hydroxyl groups is 1. The Morgan fingerprint density at radius 2 is 1.97 bits per heavy atom. The normalized spacial score (nSPS) is 17.1. The summed E-state index contributed by atoms with van der Waals surface area (Å²) in [6, 6.07) is 6.84. The molecule has 0 bridgehead atoms. The molecule has 1 aliphatic rings. The van der Waals surface area contributed by atoms with Gasteiger partial charge in [0, 0.05) is 24.5 Å². The number of nitrogens with one attached hydrogen (secondary N) is 2. The summed E-state index contributed by atoms with van der Waals surface area (Å²) in [6.45, 7) is 7.48. The van der Waals surface area contributed by atoms with E-state index in [2.05, 4.69) is 20.6 Å². The molecule has 1 fully saturated rings. The van der Waals surface area contributed by atoms with Crippen molar-refractivity contribution in [2.75, 3.05) is 38.7 Å². The molecule has 12 heteroatoms. The van der Waals surface area contributed by atoms with Gasteiger partial charge in [-0.15, -0.1) is 0 Å². The standard InChI is InChI=1S/C27H33F3N4O5/c1-15-32-20-12-22(36-5)23(38-14-17-13-31-9-10-37-17)11-18(20)25(33-15)34-16(2)39-21-8-6-7-19(24(21)28)27(29,30)26(3,4)35/h6-8,11-12,16-17,31,35H,9-10,13-14H2,1-5H3,(H,32,33,34)/t16?,17-/m1/s1. The van der Waals surface area contributed by atoms with Crippen LogP contribution >= 0.6 is 0 Å². The molecular weight excluding hydrogens is 517 g/mol. The number of aryl methyl sites for hydroxylation is 1. The number of anilines is 1. The fourth-order valence-electron chi connectivity index (χ4n) is 4.13. The van der Waals surface area contributed by atoms with Gasteiger partial charge < -0.3 is 34.7 Å². The van der Waals surface area contributed by atoms with E-state index < -0.39 is 34.9 Å². The molecule has 0 spiro atoms. The van der Waals surface area contributed by atoms with Crippen LogP contribution in [0.15, 0.2) is 30.3 Å². The number of fused-ring (bicyclic) bond motifs is 1. The van der Waals surface area contributed by atoms with Crippen LogP contribution < -0.4 is 24.8 Å². The summed E-state index contributed by atoms with van der Waals surface area (Å²) >= 11 is 0. The van der Waals surface area contributed by atoms with Crippen molar-refractivity contribution in [1.29, 1.82) is 0 Å². The van der Waals surface area contributed by atoms with Crippen LogP contribution in [0, 0.1) is 12.7 Å². The van der Waals surface area contributed by atoms with E-state index in [-0.39, 0.29) is 6.10 Å². The molecule has 1 unspecified atom stereocenters. The fraction of sp³-hybridized carbons (Fsp3) is 0.481. The molecule has 0 aliphatic carbocycles. The van der Waals surface area contributed by atoms with E-state index in [4.69, 9.17) is 18.9 Å². The van der Waals surface area contributed by atoms with Gasteiger partial charge in [-0.25, -0.2) is 14.4 Å². The van der Waals surface area contributed by atoms with Crippen molar-refractivity contribution >= 4 is 16.7 Å². The summed E-state index contributed by atoms with van der Waals surface area (Å²) in [5, 5.41) is 16.8. The average molecular weight is 551 g/mol. The first-order valence-electron chi connectivity index (χ1n) is 12.5. The van der Waals surface area contributed by atoms with Gasteiger partial charge in [0.05, 0.1) is 24.8 Å². The van der Waals surface area contributed by atoms with Crippen LogP contribution in [0.5, 0.6) is 17.2 Å². The minimum Gasteiger partial charge on any atom is -0.493 e. The number of benzene rings is 2. The highest BCUT2D eigenvalue weighted by Crippen LogP contribution is 2.42. The minimum atomic E-state index is -3.85. The SMILES string of the molecule is COc1cc2nc(C)nc(NC(C)Oc3cccc(C(F)(F)C(C)(C)O)c3F)c2cc1OC[C@H]1CNCCO1. The second kappa shape index (κ2) is 11.4. The van der Waals surface area contributed by atoms with Gasteiger partial charge in [-0.05, 0) is 45.9 Å². The van der Waals surface area contributed by atoms with Crippen molar-refractivity contribution in [2.24, 2.45) is 0 Å². The van der Waals surface area contributed by atoms with E-state index in [1.54, 1.807) is 26.0 Å². The third-order valence-electron chi connectivity index (χ3n) is 6.24. The zero-order chi connectivity index (χ0) is 28.4. The number of methoxy groups -OCH3 is 1. The molecule has 1 saturated heterocycles. The monoisotopic (exact) mass is 550 g/mol. The molecule has 2 aromatic carbocycles. The Labute approximate surface area is 224 Å². The second-order valence-corrected chi connectivity index (χ2v) is 9.80. The minimum absolute atomic E-state index is 0.117. The number of morpholine rings is 1. The van der Waals surface area contributed by atoms with Crippen LogP contribution in [-0.2, 0) is 10.7 Å². The molecule has 4 rings (SSSR count). The van der Waals surface area contributed by atoms with Crippen LogP contribution in [0.4, 0.5) is 19.0 Å². The molecule has 3 aromatic rings. The summed E-state index contributed by atoms with van der Waals surface area (Å²) in [4.78, 5) is 8.93. The van der Waals surface area contributed by atoms with Crippen molar-refractivity contribution < 1.29 is 37.2 Å². The molecule has 2 heterocycles. The van der Waals surface area contributed by atoms with E-state index in [0.717, 1.165) is 26.5 Å². The van der Waals surface area contributed by atoms with Crippen LogP contribution in [0.2, 0.25) is 0 Å². The topological polar surface area (TPSA) is 107 Å². The molecule has 3 N–H and O–H groups in total. The lowest BCUT2D eigenvalue weighted by Crippen LogP contribution is -2.41. The van der Waals surface area contributed by atoms with E-state index in [1.807, 2.05) is 0 Å². The number of halogens is 3. The Bertz CT molecular complexity index is 1310. The first-order chi connectivity index (χ1) is 18.4. The Balaban J connectivity index is 1.59. The summed E-state index contributed by atoms with van der Waals surface area (Å²) in [6.07, 6.45) is -1.01. The first kappa shape index (κ1) is 28.7. The van der Waals surface area contributed by atoms with Crippen molar-refractivity contribution in [3.63, 3.8) is 0 Å². The van der Waals surface area contributed by atoms with Gasteiger partial charge in [0.2, 0.25) is 0 Å². The largest absolute Gasteiger partial charge is 0.493 e. The molecule has 0 amide bonds. The van der Waals surface area contributed by atoms with Crippen molar-refractivity contribution in [2.45, 2.75) is 51.6 Å². The highest BCUT2D eigenvalue weighted by atomic mass is 19.3. The number of hydrogen-bond acceptors (Lipinski definition) is 9. The number of aromatic nitrogens is 2. The van der Waals surface area contributed by atoms with Gasteiger partial charge >= 0.3 is 5.92 Å². The summed E-state index contributed by atoms with van der Waals surface area (Å²) < 4.78 is 67.3. The van der Waals surface area contributed by atoms with Crippen LogP contribution in [0.3, 0.4) is 0 Å². The van der Waals surface area contributed by atoms with E-state index >= 15 is 4.39 Å². The number of nitrogens with zero attached hydrogens (tertiary/aromatic N) is 2. The predicted molar refractivity (Wildman–Crippen MR) is 139 cm³/mol. The second-order valence-electron chi connectivity index (χ2n) is 9.80.